The lowest BCUT2D eigenvalue weighted by molar-refractivity contribution is 0.411. The number of anilines is 2. The molecular weight excluding hydrogens is 472 g/mol. The fourth-order valence-corrected chi connectivity index (χ4v) is 6.32. The first kappa shape index (κ1) is 27.4. The van der Waals surface area contributed by atoms with Crippen LogP contribution in [0.1, 0.15) is 76.6 Å². The van der Waals surface area contributed by atoms with E-state index in [1.54, 1.807) is 0 Å². The smallest absolute Gasteiger partial charge is 0.0613 e. The predicted molar refractivity (Wildman–Crippen MR) is 169 cm³/mol. The Bertz CT molecular complexity index is 1360. The summed E-state index contributed by atoms with van der Waals surface area (Å²) in [5, 5.41) is 0. The van der Waals surface area contributed by atoms with Crippen LogP contribution in [0.15, 0.2) is 60.7 Å². The van der Waals surface area contributed by atoms with Crippen LogP contribution in [0.3, 0.4) is 0 Å². The van der Waals surface area contributed by atoms with Crippen molar-refractivity contribution in [2.45, 2.75) is 85.1 Å². The van der Waals surface area contributed by atoms with Crippen molar-refractivity contribution in [3.8, 4) is 23.5 Å². The Hall–Kier alpha value is -3.18. The van der Waals surface area contributed by atoms with E-state index in [-0.39, 0.29) is 5.41 Å². The molecule has 0 amide bonds. The van der Waals surface area contributed by atoms with Gasteiger partial charge >= 0.3 is 0 Å². The minimum Gasteiger partial charge on any atom is -0.368 e. The van der Waals surface area contributed by atoms with Crippen LogP contribution in [-0.2, 0) is 24.7 Å². The molecule has 0 aliphatic carbocycles. The maximum Gasteiger partial charge on any atom is 0.0613 e. The molecule has 0 N–H and O–H groups in total. The number of nitrogens with zero attached hydrogens (tertiary/aromatic N) is 2. The summed E-state index contributed by atoms with van der Waals surface area (Å²) in [6.07, 6.45) is 10.8. The van der Waals surface area contributed by atoms with Crippen LogP contribution in [0, 0.1) is 17.8 Å². The van der Waals surface area contributed by atoms with Crippen LogP contribution < -0.4 is 9.80 Å². The van der Waals surface area contributed by atoms with Crippen LogP contribution in [0.25, 0.3) is 11.1 Å². The quantitative estimate of drug-likeness (QED) is 0.290. The number of aryl methyl sites for hydroxylation is 1. The molecule has 2 heterocycles. The third-order valence-corrected chi connectivity index (χ3v) is 8.35. The summed E-state index contributed by atoms with van der Waals surface area (Å²) >= 11 is 0. The van der Waals surface area contributed by atoms with Crippen molar-refractivity contribution >= 4 is 11.4 Å². The van der Waals surface area contributed by atoms with Crippen molar-refractivity contribution in [3.63, 3.8) is 0 Å². The maximum absolute atomic E-state index is 5.62. The first-order valence-corrected chi connectivity index (χ1v) is 14.8. The Kier molecular flexibility index (Phi) is 7.56. The van der Waals surface area contributed by atoms with Crippen molar-refractivity contribution in [2.75, 3.05) is 29.4 Å². The van der Waals surface area contributed by atoms with Gasteiger partial charge in [0.25, 0.3) is 0 Å². The van der Waals surface area contributed by atoms with Gasteiger partial charge in [-0.15, -0.1) is 12.3 Å². The summed E-state index contributed by atoms with van der Waals surface area (Å²) in [6, 6.07) is 24.1. The van der Waals surface area contributed by atoms with E-state index in [1.165, 1.54) is 51.2 Å². The molecule has 1 fully saturated rings. The Morgan fingerprint density at radius 3 is 2.36 bits per heavy atom. The zero-order chi connectivity index (χ0) is 27.8. The van der Waals surface area contributed by atoms with E-state index in [4.69, 9.17) is 6.42 Å². The monoisotopic (exact) mass is 518 g/mol. The molecule has 2 heteroatoms. The fraction of sp³-hybridized carbons (Fsp3) is 0.459. The Labute approximate surface area is 237 Å². The minimum atomic E-state index is 0.0908. The summed E-state index contributed by atoms with van der Waals surface area (Å²) in [7, 11) is 0. The second kappa shape index (κ2) is 10.8. The number of benzene rings is 3. The lowest BCUT2D eigenvalue weighted by Gasteiger charge is -2.39. The summed E-state index contributed by atoms with van der Waals surface area (Å²) < 4.78 is 0. The standard InChI is InChI=1S/C37H46N2/c1-8-9-11-28-21-31(23-32(22-28)37(5,6)7)30-14-15-34-35(24-30)39(33-17-18-38(34)26-33)19-16-27-12-10-13-29(20-27)25-36(2,3)4/h1,10,12-15,20-24,33H,9,11,16-19,25-26H2,2-7H3. The van der Waals surface area contributed by atoms with Gasteiger partial charge in [-0.1, -0.05) is 90.1 Å². The SMILES string of the molecule is C#CCCc1cc(-c2ccc3c(c2)N(CCc2cccc(CC(C)(C)C)c2)C2CCN3C2)cc(C(C)(C)C)c1. The minimum absolute atomic E-state index is 0.0908. The lowest BCUT2D eigenvalue weighted by Crippen LogP contribution is -2.43. The molecule has 5 rings (SSSR count). The first-order chi connectivity index (χ1) is 18.5. The number of hydrogen-bond donors (Lipinski definition) is 0. The highest BCUT2D eigenvalue weighted by molar-refractivity contribution is 5.82. The fourth-order valence-electron chi connectivity index (χ4n) is 6.32. The van der Waals surface area contributed by atoms with E-state index in [0.717, 1.165) is 45.3 Å². The molecule has 1 atom stereocenters. The third kappa shape index (κ3) is 6.36. The number of terminal acetylenes is 1. The molecule has 204 valence electrons. The molecule has 0 spiro atoms. The van der Waals surface area contributed by atoms with Crippen molar-refractivity contribution in [1.29, 1.82) is 0 Å². The van der Waals surface area contributed by atoms with Crippen LogP contribution in [0.2, 0.25) is 0 Å². The first-order valence-electron chi connectivity index (χ1n) is 14.8. The van der Waals surface area contributed by atoms with E-state index in [9.17, 15) is 0 Å². The normalized spacial score (nSPS) is 16.8. The van der Waals surface area contributed by atoms with Gasteiger partial charge in [0.05, 0.1) is 11.4 Å². The van der Waals surface area contributed by atoms with Gasteiger partial charge in [0.2, 0.25) is 0 Å². The average Bonchev–Trinajstić information content (AvgIpc) is 3.30. The van der Waals surface area contributed by atoms with Gasteiger partial charge in [-0.3, -0.25) is 0 Å². The van der Waals surface area contributed by atoms with Crippen molar-refractivity contribution in [3.05, 3.63) is 82.9 Å². The predicted octanol–water partition coefficient (Wildman–Crippen LogP) is 8.45. The van der Waals surface area contributed by atoms with Gasteiger partial charge in [-0.2, -0.15) is 0 Å². The highest BCUT2D eigenvalue weighted by Crippen LogP contribution is 2.43. The second-order valence-corrected chi connectivity index (χ2v) is 14.0. The highest BCUT2D eigenvalue weighted by Gasteiger charge is 2.35. The van der Waals surface area contributed by atoms with E-state index in [0.29, 0.717) is 11.5 Å². The van der Waals surface area contributed by atoms with E-state index in [2.05, 4.69) is 118 Å². The largest absolute Gasteiger partial charge is 0.368 e. The van der Waals surface area contributed by atoms with E-state index < -0.39 is 0 Å². The molecule has 1 saturated heterocycles. The zero-order valence-corrected chi connectivity index (χ0v) is 25.0. The summed E-state index contributed by atoms with van der Waals surface area (Å²) in [6.45, 7) is 17.2. The highest BCUT2D eigenvalue weighted by atomic mass is 15.3. The molecule has 0 radical (unpaired) electrons. The topological polar surface area (TPSA) is 6.48 Å². The number of hydrogen-bond acceptors (Lipinski definition) is 2. The Morgan fingerprint density at radius 1 is 0.821 bits per heavy atom. The van der Waals surface area contributed by atoms with Gasteiger partial charge in [0.15, 0.2) is 0 Å². The molecule has 0 saturated carbocycles. The zero-order valence-electron chi connectivity index (χ0n) is 25.0. The summed E-state index contributed by atoms with van der Waals surface area (Å²) in [4.78, 5) is 5.31. The molecule has 3 aromatic carbocycles. The van der Waals surface area contributed by atoms with Crippen molar-refractivity contribution < 1.29 is 0 Å². The van der Waals surface area contributed by atoms with Gasteiger partial charge < -0.3 is 9.80 Å². The third-order valence-electron chi connectivity index (χ3n) is 8.35. The van der Waals surface area contributed by atoms with Crippen molar-refractivity contribution in [1.82, 2.24) is 0 Å². The van der Waals surface area contributed by atoms with Crippen molar-refractivity contribution in [2.24, 2.45) is 5.41 Å². The summed E-state index contributed by atoms with van der Waals surface area (Å²) in [5.41, 5.74) is 11.4. The molecule has 2 aliphatic heterocycles. The number of fused-ring (bicyclic) bond motifs is 4. The maximum atomic E-state index is 5.62. The van der Waals surface area contributed by atoms with Gasteiger partial charge in [0, 0.05) is 32.1 Å². The Morgan fingerprint density at radius 2 is 1.62 bits per heavy atom. The van der Waals surface area contributed by atoms with E-state index in [1.807, 2.05) is 0 Å². The molecule has 2 nitrogen and oxygen atoms in total. The molecule has 3 aromatic rings. The van der Waals surface area contributed by atoms with Gasteiger partial charge in [-0.05, 0) is 82.0 Å². The molecule has 0 aromatic heterocycles. The Balaban J connectivity index is 1.45. The molecule has 39 heavy (non-hydrogen) atoms. The van der Waals surface area contributed by atoms with Gasteiger partial charge in [-0.25, -0.2) is 0 Å². The summed E-state index contributed by atoms with van der Waals surface area (Å²) in [5.74, 6) is 2.83. The van der Waals surface area contributed by atoms with Crippen LogP contribution in [0.4, 0.5) is 11.4 Å². The van der Waals surface area contributed by atoms with Crippen LogP contribution in [-0.4, -0.2) is 25.7 Å². The molecule has 2 bridgehead atoms. The average molecular weight is 519 g/mol. The molecule has 2 aliphatic rings. The van der Waals surface area contributed by atoms with Gasteiger partial charge in [0.1, 0.15) is 0 Å². The number of rotatable bonds is 7. The lowest BCUT2D eigenvalue weighted by atomic mass is 9.83. The van der Waals surface area contributed by atoms with Crippen LogP contribution in [0.5, 0.6) is 0 Å². The second-order valence-electron chi connectivity index (χ2n) is 14.0. The van der Waals surface area contributed by atoms with Crippen LogP contribution >= 0.6 is 0 Å². The molecule has 1 unspecified atom stereocenters. The van der Waals surface area contributed by atoms with E-state index >= 15 is 0 Å². The molecular formula is C37H46N2.